The summed E-state index contributed by atoms with van der Waals surface area (Å²) in [5, 5.41) is 11.3. The number of thioether (sulfide) groups is 1. The van der Waals surface area contributed by atoms with Crippen LogP contribution in [-0.2, 0) is 33.9 Å². The SMILES string of the molecule is CCc1ccc(NC(=O)C(CC)Sc2nnc(CS(=O)(=O)c3ccc(C)cc3)n2C)cc1. The normalized spacial score (nSPS) is 12.5. The fourth-order valence-electron chi connectivity index (χ4n) is 3.07. The molecule has 1 aromatic heterocycles. The van der Waals surface area contributed by atoms with Crippen molar-refractivity contribution in [3.05, 3.63) is 65.5 Å². The average molecular weight is 473 g/mol. The van der Waals surface area contributed by atoms with Crippen molar-refractivity contribution in [1.29, 1.82) is 0 Å². The van der Waals surface area contributed by atoms with Crippen LogP contribution in [0.25, 0.3) is 0 Å². The highest BCUT2D eigenvalue weighted by molar-refractivity contribution is 8.00. The minimum absolute atomic E-state index is 0.126. The lowest BCUT2D eigenvalue weighted by Crippen LogP contribution is -2.25. The smallest absolute Gasteiger partial charge is 0.237 e. The number of carbonyl (C=O) groups excluding carboxylic acids is 1. The zero-order valence-electron chi connectivity index (χ0n) is 18.7. The molecule has 1 amide bonds. The van der Waals surface area contributed by atoms with Gasteiger partial charge in [0.2, 0.25) is 5.91 Å². The Kier molecular flexibility index (Phi) is 7.73. The van der Waals surface area contributed by atoms with Crippen LogP contribution in [-0.4, -0.2) is 34.3 Å². The number of hydrogen-bond acceptors (Lipinski definition) is 6. The predicted octanol–water partition coefficient (Wildman–Crippen LogP) is 4.17. The first-order valence-electron chi connectivity index (χ1n) is 10.5. The van der Waals surface area contributed by atoms with E-state index < -0.39 is 9.84 Å². The third-order valence-electron chi connectivity index (χ3n) is 5.16. The van der Waals surface area contributed by atoms with Gasteiger partial charge in [0.05, 0.1) is 10.1 Å². The number of aromatic nitrogens is 3. The minimum Gasteiger partial charge on any atom is -0.325 e. The van der Waals surface area contributed by atoms with Crippen LogP contribution in [0.2, 0.25) is 0 Å². The molecule has 1 unspecified atom stereocenters. The highest BCUT2D eigenvalue weighted by atomic mass is 32.2. The first kappa shape index (κ1) is 24.0. The summed E-state index contributed by atoms with van der Waals surface area (Å²) in [4.78, 5) is 13.0. The van der Waals surface area contributed by atoms with Crippen LogP contribution in [0.5, 0.6) is 0 Å². The summed E-state index contributed by atoms with van der Waals surface area (Å²) in [5.41, 5.74) is 2.94. The first-order chi connectivity index (χ1) is 15.2. The molecule has 3 aromatic rings. The number of aryl methyl sites for hydroxylation is 2. The molecule has 2 aromatic carbocycles. The Labute approximate surface area is 193 Å². The number of amides is 1. The lowest BCUT2D eigenvalue weighted by atomic mass is 10.1. The van der Waals surface area contributed by atoms with Crippen LogP contribution >= 0.6 is 11.8 Å². The van der Waals surface area contributed by atoms with Gasteiger partial charge in [-0.05, 0) is 49.6 Å². The van der Waals surface area contributed by atoms with E-state index in [4.69, 9.17) is 0 Å². The molecule has 32 heavy (non-hydrogen) atoms. The van der Waals surface area contributed by atoms with Crippen molar-refractivity contribution in [1.82, 2.24) is 14.8 Å². The van der Waals surface area contributed by atoms with Crippen LogP contribution in [0, 0.1) is 6.92 Å². The molecule has 0 aliphatic heterocycles. The van der Waals surface area contributed by atoms with E-state index in [0.717, 1.165) is 17.7 Å². The van der Waals surface area contributed by atoms with Gasteiger partial charge >= 0.3 is 0 Å². The number of nitrogens with one attached hydrogen (secondary N) is 1. The summed E-state index contributed by atoms with van der Waals surface area (Å²) in [6.45, 7) is 5.91. The molecule has 0 radical (unpaired) electrons. The Morgan fingerprint density at radius 3 is 2.31 bits per heavy atom. The number of nitrogens with zero attached hydrogens (tertiary/aromatic N) is 3. The number of sulfone groups is 1. The summed E-state index contributed by atoms with van der Waals surface area (Å²) in [7, 11) is -1.83. The summed E-state index contributed by atoms with van der Waals surface area (Å²) in [6.07, 6.45) is 1.53. The maximum absolute atomic E-state index is 12.8. The molecular formula is C23H28N4O3S2. The third-order valence-corrected chi connectivity index (χ3v) is 8.19. The molecule has 0 fully saturated rings. The highest BCUT2D eigenvalue weighted by Crippen LogP contribution is 2.26. The van der Waals surface area contributed by atoms with E-state index in [1.807, 2.05) is 38.1 Å². The van der Waals surface area contributed by atoms with Crippen LogP contribution < -0.4 is 5.32 Å². The molecule has 1 atom stereocenters. The van der Waals surface area contributed by atoms with E-state index in [-0.39, 0.29) is 21.8 Å². The average Bonchev–Trinajstić information content (AvgIpc) is 3.11. The fourth-order valence-corrected chi connectivity index (χ4v) is 5.32. The number of carbonyl (C=O) groups is 1. The minimum atomic E-state index is -3.55. The largest absolute Gasteiger partial charge is 0.325 e. The second-order valence-corrected chi connectivity index (χ2v) is 10.7. The summed E-state index contributed by atoms with van der Waals surface area (Å²) in [6, 6.07) is 14.5. The van der Waals surface area contributed by atoms with Crippen molar-refractivity contribution < 1.29 is 13.2 Å². The Morgan fingerprint density at radius 1 is 1.06 bits per heavy atom. The van der Waals surface area contributed by atoms with Gasteiger partial charge in [-0.3, -0.25) is 4.79 Å². The molecule has 0 spiro atoms. The lowest BCUT2D eigenvalue weighted by Gasteiger charge is -2.14. The van der Waals surface area contributed by atoms with E-state index in [1.54, 1.807) is 35.9 Å². The molecule has 170 valence electrons. The van der Waals surface area contributed by atoms with Crippen molar-refractivity contribution in [2.45, 2.75) is 54.7 Å². The van der Waals surface area contributed by atoms with Crippen molar-refractivity contribution >= 4 is 33.2 Å². The second kappa shape index (κ2) is 10.3. The summed E-state index contributed by atoms with van der Waals surface area (Å²) >= 11 is 1.28. The van der Waals surface area contributed by atoms with E-state index in [2.05, 4.69) is 22.4 Å². The highest BCUT2D eigenvalue weighted by Gasteiger charge is 2.24. The summed E-state index contributed by atoms with van der Waals surface area (Å²) in [5.74, 6) is -0.0514. The maximum Gasteiger partial charge on any atom is 0.237 e. The molecule has 1 heterocycles. The molecule has 0 aliphatic rings. The molecule has 0 saturated heterocycles. The quantitative estimate of drug-likeness (QED) is 0.470. The van der Waals surface area contributed by atoms with E-state index in [0.29, 0.717) is 17.4 Å². The molecule has 3 rings (SSSR count). The van der Waals surface area contributed by atoms with Crippen molar-refractivity contribution in [3.8, 4) is 0 Å². The fraction of sp³-hybridized carbons (Fsp3) is 0.348. The Morgan fingerprint density at radius 2 is 1.72 bits per heavy atom. The molecule has 0 bridgehead atoms. The Balaban J connectivity index is 1.70. The van der Waals surface area contributed by atoms with Crippen molar-refractivity contribution in [2.24, 2.45) is 7.05 Å². The Hall–Kier alpha value is -2.65. The second-order valence-electron chi connectivity index (χ2n) is 7.58. The van der Waals surface area contributed by atoms with Gasteiger partial charge in [0, 0.05) is 12.7 Å². The predicted molar refractivity (Wildman–Crippen MR) is 127 cm³/mol. The number of benzene rings is 2. The van der Waals surface area contributed by atoms with Gasteiger partial charge in [-0.1, -0.05) is 55.4 Å². The standard InChI is InChI=1S/C23H28N4O3S2/c1-5-17-9-11-18(12-10-17)24-22(28)20(6-2)31-23-26-25-21(27(23)4)15-32(29,30)19-13-7-16(3)8-14-19/h7-14,20H,5-6,15H2,1-4H3,(H,24,28). The zero-order chi connectivity index (χ0) is 23.3. The zero-order valence-corrected chi connectivity index (χ0v) is 20.3. The lowest BCUT2D eigenvalue weighted by molar-refractivity contribution is -0.115. The van der Waals surface area contributed by atoms with Crippen molar-refractivity contribution in [2.75, 3.05) is 5.32 Å². The van der Waals surface area contributed by atoms with Gasteiger partial charge in [-0.15, -0.1) is 10.2 Å². The molecular weight excluding hydrogens is 444 g/mol. The van der Waals surface area contributed by atoms with Gasteiger partial charge in [0.15, 0.2) is 15.0 Å². The molecule has 1 N–H and O–H groups in total. The Bertz CT molecular complexity index is 1170. The third kappa shape index (κ3) is 5.77. The van der Waals surface area contributed by atoms with E-state index in [9.17, 15) is 13.2 Å². The van der Waals surface area contributed by atoms with Gasteiger partial charge in [-0.25, -0.2) is 8.42 Å². The molecule has 0 saturated carbocycles. The van der Waals surface area contributed by atoms with Crippen LogP contribution in [0.15, 0.2) is 58.6 Å². The number of hydrogen-bond donors (Lipinski definition) is 1. The monoisotopic (exact) mass is 472 g/mol. The van der Waals surface area contributed by atoms with E-state index >= 15 is 0 Å². The first-order valence-corrected chi connectivity index (χ1v) is 13.0. The molecule has 9 heteroatoms. The van der Waals surface area contributed by atoms with E-state index in [1.165, 1.54) is 17.3 Å². The van der Waals surface area contributed by atoms with Gasteiger partial charge in [0.25, 0.3) is 0 Å². The molecule has 7 nitrogen and oxygen atoms in total. The van der Waals surface area contributed by atoms with Crippen LogP contribution in [0.4, 0.5) is 5.69 Å². The maximum atomic E-state index is 12.8. The number of anilines is 1. The van der Waals surface area contributed by atoms with Gasteiger partial charge in [0.1, 0.15) is 11.6 Å². The van der Waals surface area contributed by atoms with Crippen molar-refractivity contribution in [3.63, 3.8) is 0 Å². The summed E-state index contributed by atoms with van der Waals surface area (Å²) < 4.78 is 27.2. The molecule has 0 aliphatic carbocycles. The van der Waals surface area contributed by atoms with Crippen LogP contribution in [0.1, 0.15) is 37.2 Å². The van der Waals surface area contributed by atoms with Gasteiger partial charge < -0.3 is 9.88 Å². The van der Waals surface area contributed by atoms with Gasteiger partial charge in [-0.2, -0.15) is 0 Å². The number of rotatable bonds is 9. The topological polar surface area (TPSA) is 94.0 Å². The van der Waals surface area contributed by atoms with Crippen LogP contribution in [0.3, 0.4) is 0 Å².